The predicted molar refractivity (Wildman–Crippen MR) is 83.4 cm³/mol. The highest BCUT2D eigenvalue weighted by Crippen LogP contribution is 2.24. The first-order chi connectivity index (χ1) is 9.84. The number of hydrogen-bond acceptors (Lipinski definition) is 3. The van der Waals surface area contributed by atoms with E-state index < -0.39 is 6.29 Å². The molecule has 3 nitrogen and oxygen atoms in total. The van der Waals surface area contributed by atoms with Crippen LogP contribution >= 0.6 is 0 Å². The van der Waals surface area contributed by atoms with E-state index in [0.717, 1.165) is 17.5 Å². The van der Waals surface area contributed by atoms with E-state index in [1.807, 2.05) is 57.2 Å². The molecule has 2 rings (SSSR count). The molecule has 0 fully saturated rings. The van der Waals surface area contributed by atoms with E-state index in [-0.39, 0.29) is 11.2 Å². The summed E-state index contributed by atoms with van der Waals surface area (Å²) in [5.41, 5.74) is 1.97. The third-order valence-electron chi connectivity index (χ3n) is 3.26. The maximum atomic E-state index is 9.92. The van der Waals surface area contributed by atoms with Crippen LogP contribution in [0, 0.1) is 5.41 Å². The molecule has 1 atom stereocenters. The molecule has 1 unspecified atom stereocenters. The van der Waals surface area contributed by atoms with Gasteiger partial charge in [0.1, 0.15) is 11.5 Å². The standard InChI is InChI=1S/C18H22O3/c1-18(2,3)17(20)21-16-10-6-14(7-11-16)12-13-4-8-15(19)9-5-13/h4-11,17,19-20H,12H2,1-3H3. The molecular weight excluding hydrogens is 264 g/mol. The number of aromatic hydroxyl groups is 1. The summed E-state index contributed by atoms with van der Waals surface area (Å²) in [6.45, 7) is 5.78. The first kappa shape index (κ1) is 15.4. The lowest BCUT2D eigenvalue weighted by molar-refractivity contribution is -0.0931. The van der Waals surface area contributed by atoms with E-state index in [0.29, 0.717) is 5.75 Å². The second-order valence-electron chi connectivity index (χ2n) is 6.32. The molecule has 2 aromatic carbocycles. The highest BCUT2D eigenvalue weighted by Gasteiger charge is 2.23. The van der Waals surface area contributed by atoms with Crippen LogP contribution in [-0.2, 0) is 6.42 Å². The number of aliphatic hydroxyl groups is 1. The number of benzene rings is 2. The Morgan fingerprint density at radius 2 is 1.38 bits per heavy atom. The van der Waals surface area contributed by atoms with Crippen LogP contribution in [0.4, 0.5) is 0 Å². The Hall–Kier alpha value is -2.00. The fourth-order valence-corrected chi connectivity index (χ4v) is 1.84. The van der Waals surface area contributed by atoms with Crippen molar-refractivity contribution >= 4 is 0 Å². The SMILES string of the molecule is CC(C)(C)C(O)Oc1ccc(Cc2ccc(O)cc2)cc1. The van der Waals surface area contributed by atoms with Gasteiger partial charge in [0.2, 0.25) is 6.29 Å². The van der Waals surface area contributed by atoms with E-state index >= 15 is 0 Å². The van der Waals surface area contributed by atoms with Crippen LogP contribution in [0.5, 0.6) is 11.5 Å². The molecule has 0 radical (unpaired) electrons. The smallest absolute Gasteiger partial charge is 0.202 e. The summed E-state index contributed by atoms with van der Waals surface area (Å²) < 4.78 is 5.52. The van der Waals surface area contributed by atoms with Gasteiger partial charge in [0, 0.05) is 5.41 Å². The minimum Gasteiger partial charge on any atom is -0.508 e. The average molecular weight is 286 g/mol. The molecule has 0 saturated carbocycles. The largest absolute Gasteiger partial charge is 0.508 e. The summed E-state index contributed by atoms with van der Waals surface area (Å²) in [6, 6.07) is 14.9. The summed E-state index contributed by atoms with van der Waals surface area (Å²) in [7, 11) is 0. The summed E-state index contributed by atoms with van der Waals surface area (Å²) in [5, 5.41) is 19.2. The van der Waals surface area contributed by atoms with Gasteiger partial charge in [0.25, 0.3) is 0 Å². The van der Waals surface area contributed by atoms with Crippen LogP contribution in [-0.4, -0.2) is 16.5 Å². The molecule has 2 aromatic rings. The lowest BCUT2D eigenvalue weighted by Crippen LogP contribution is -2.31. The van der Waals surface area contributed by atoms with E-state index in [2.05, 4.69) is 0 Å². The summed E-state index contributed by atoms with van der Waals surface area (Å²) >= 11 is 0. The number of ether oxygens (including phenoxy) is 1. The van der Waals surface area contributed by atoms with Gasteiger partial charge in [-0.3, -0.25) is 0 Å². The molecule has 0 spiro atoms. The molecule has 0 saturated heterocycles. The van der Waals surface area contributed by atoms with Gasteiger partial charge in [0.15, 0.2) is 0 Å². The monoisotopic (exact) mass is 286 g/mol. The minimum atomic E-state index is -0.833. The summed E-state index contributed by atoms with van der Waals surface area (Å²) in [4.78, 5) is 0. The Morgan fingerprint density at radius 3 is 1.86 bits per heavy atom. The second-order valence-corrected chi connectivity index (χ2v) is 6.32. The highest BCUT2D eigenvalue weighted by molar-refractivity contribution is 5.33. The van der Waals surface area contributed by atoms with Crippen molar-refractivity contribution in [3.05, 3.63) is 59.7 Å². The van der Waals surface area contributed by atoms with Crippen LogP contribution < -0.4 is 4.74 Å². The molecule has 112 valence electrons. The van der Waals surface area contributed by atoms with E-state index in [1.165, 1.54) is 0 Å². The van der Waals surface area contributed by atoms with Gasteiger partial charge in [-0.1, -0.05) is 45.0 Å². The number of phenols is 1. The van der Waals surface area contributed by atoms with E-state index in [9.17, 15) is 10.2 Å². The van der Waals surface area contributed by atoms with Crippen LogP contribution in [0.1, 0.15) is 31.9 Å². The number of phenolic OH excluding ortho intramolecular Hbond substituents is 1. The van der Waals surface area contributed by atoms with Gasteiger partial charge in [-0.15, -0.1) is 0 Å². The Balaban J connectivity index is 2.00. The highest BCUT2D eigenvalue weighted by atomic mass is 16.6. The Bertz CT molecular complexity index is 565. The topological polar surface area (TPSA) is 49.7 Å². The summed E-state index contributed by atoms with van der Waals surface area (Å²) in [6.07, 6.45) is -0.0389. The van der Waals surface area contributed by atoms with Gasteiger partial charge in [0.05, 0.1) is 0 Å². The molecule has 0 aromatic heterocycles. The van der Waals surface area contributed by atoms with Crippen LogP contribution in [0.25, 0.3) is 0 Å². The molecule has 0 aliphatic rings. The number of hydrogen-bond donors (Lipinski definition) is 2. The van der Waals surface area contributed by atoms with Crippen molar-refractivity contribution in [2.24, 2.45) is 5.41 Å². The molecule has 3 heteroatoms. The Kier molecular flexibility index (Phi) is 4.53. The van der Waals surface area contributed by atoms with Crippen LogP contribution in [0.15, 0.2) is 48.5 Å². The Morgan fingerprint density at radius 1 is 0.905 bits per heavy atom. The molecule has 21 heavy (non-hydrogen) atoms. The van der Waals surface area contributed by atoms with E-state index in [1.54, 1.807) is 12.1 Å². The maximum absolute atomic E-state index is 9.92. The van der Waals surface area contributed by atoms with Gasteiger partial charge in [-0.25, -0.2) is 0 Å². The summed E-state index contributed by atoms with van der Waals surface area (Å²) in [5.74, 6) is 0.936. The number of rotatable bonds is 4. The predicted octanol–water partition coefficient (Wildman–Crippen LogP) is 3.73. The molecule has 0 aliphatic heterocycles. The van der Waals surface area contributed by atoms with Crippen molar-refractivity contribution in [2.75, 3.05) is 0 Å². The lowest BCUT2D eigenvalue weighted by Gasteiger charge is -2.26. The molecule has 0 aliphatic carbocycles. The fraction of sp³-hybridized carbons (Fsp3) is 0.333. The normalized spacial score (nSPS) is 13.0. The van der Waals surface area contributed by atoms with E-state index in [4.69, 9.17) is 4.74 Å². The van der Waals surface area contributed by atoms with Crippen LogP contribution in [0.2, 0.25) is 0 Å². The first-order valence-electron chi connectivity index (χ1n) is 7.06. The first-order valence-corrected chi connectivity index (χ1v) is 7.06. The Labute approximate surface area is 125 Å². The zero-order valence-corrected chi connectivity index (χ0v) is 12.7. The molecule has 0 amide bonds. The number of aliphatic hydroxyl groups excluding tert-OH is 1. The quantitative estimate of drug-likeness (QED) is 0.842. The van der Waals surface area contributed by atoms with Gasteiger partial charge in [-0.2, -0.15) is 0 Å². The fourth-order valence-electron chi connectivity index (χ4n) is 1.84. The second kappa shape index (κ2) is 6.19. The maximum Gasteiger partial charge on any atom is 0.202 e. The molecule has 0 bridgehead atoms. The van der Waals surface area contributed by atoms with Gasteiger partial charge in [-0.05, 0) is 41.8 Å². The van der Waals surface area contributed by atoms with Crippen molar-refractivity contribution < 1.29 is 14.9 Å². The molecule has 2 N–H and O–H groups in total. The van der Waals surface area contributed by atoms with Crippen LogP contribution in [0.3, 0.4) is 0 Å². The zero-order valence-electron chi connectivity index (χ0n) is 12.7. The van der Waals surface area contributed by atoms with Crippen molar-refractivity contribution in [1.29, 1.82) is 0 Å². The van der Waals surface area contributed by atoms with Gasteiger partial charge < -0.3 is 14.9 Å². The van der Waals surface area contributed by atoms with Gasteiger partial charge >= 0.3 is 0 Å². The lowest BCUT2D eigenvalue weighted by atomic mass is 9.96. The average Bonchev–Trinajstić information content (AvgIpc) is 2.42. The third-order valence-corrected chi connectivity index (χ3v) is 3.26. The zero-order chi connectivity index (χ0) is 15.5. The van der Waals surface area contributed by atoms with Crippen molar-refractivity contribution in [3.8, 4) is 11.5 Å². The van der Waals surface area contributed by atoms with Crippen molar-refractivity contribution in [1.82, 2.24) is 0 Å². The third kappa shape index (κ3) is 4.50. The molecule has 0 heterocycles. The van der Waals surface area contributed by atoms with Crippen molar-refractivity contribution in [2.45, 2.75) is 33.5 Å². The molecular formula is C18H22O3. The minimum absolute atomic E-state index is 0.277. The van der Waals surface area contributed by atoms with Crippen molar-refractivity contribution in [3.63, 3.8) is 0 Å².